The highest BCUT2D eigenvalue weighted by atomic mass is 32.1. The lowest BCUT2D eigenvalue weighted by atomic mass is 10.1. The van der Waals surface area contributed by atoms with Crippen molar-refractivity contribution in [3.05, 3.63) is 53.7 Å². The molecule has 0 radical (unpaired) electrons. The van der Waals surface area contributed by atoms with Crippen LogP contribution in [0, 0.1) is 11.3 Å². The SMILES string of the molecule is N#CCNC(=O)CNC(=O)Cc1ncc(-c2ccc3ccccc3c2)s1. The Kier molecular flexibility index (Phi) is 5.56. The zero-order valence-electron chi connectivity index (χ0n) is 13.9. The lowest BCUT2D eigenvalue weighted by molar-refractivity contribution is -0.125. The van der Waals surface area contributed by atoms with Gasteiger partial charge in [-0.1, -0.05) is 36.4 Å². The van der Waals surface area contributed by atoms with E-state index in [1.807, 2.05) is 18.2 Å². The van der Waals surface area contributed by atoms with Gasteiger partial charge in [-0.3, -0.25) is 9.59 Å². The number of carbonyl (C=O) groups excluding carboxylic acids is 2. The molecule has 130 valence electrons. The molecule has 0 saturated heterocycles. The van der Waals surface area contributed by atoms with Gasteiger partial charge in [0.2, 0.25) is 11.8 Å². The summed E-state index contributed by atoms with van der Waals surface area (Å²) in [6, 6.07) is 16.1. The third kappa shape index (κ3) is 4.43. The predicted molar refractivity (Wildman–Crippen MR) is 100 cm³/mol. The van der Waals surface area contributed by atoms with E-state index in [0.29, 0.717) is 5.01 Å². The van der Waals surface area contributed by atoms with Crippen LogP contribution in [0.2, 0.25) is 0 Å². The molecular formula is C19H16N4O2S. The van der Waals surface area contributed by atoms with E-state index in [2.05, 4.69) is 39.9 Å². The van der Waals surface area contributed by atoms with Gasteiger partial charge in [-0.2, -0.15) is 5.26 Å². The highest BCUT2D eigenvalue weighted by molar-refractivity contribution is 7.15. The van der Waals surface area contributed by atoms with Crippen LogP contribution in [0.3, 0.4) is 0 Å². The van der Waals surface area contributed by atoms with Crippen molar-refractivity contribution in [3.8, 4) is 16.5 Å². The van der Waals surface area contributed by atoms with E-state index in [-0.39, 0.29) is 25.4 Å². The van der Waals surface area contributed by atoms with E-state index in [1.54, 1.807) is 12.3 Å². The Bertz CT molecular complexity index is 990. The lowest BCUT2D eigenvalue weighted by Crippen LogP contribution is -2.37. The lowest BCUT2D eigenvalue weighted by Gasteiger charge is -2.03. The maximum absolute atomic E-state index is 11.9. The van der Waals surface area contributed by atoms with E-state index < -0.39 is 5.91 Å². The van der Waals surface area contributed by atoms with Crippen molar-refractivity contribution in [3.63, 3.8) is 0 Å². The summed E-state index contributed by atoms with van der Waals surface area (Å²) >= 11 is 1.46. The highest BCUT2D eigenvalue weighted by Gasteiger charge is 2.11. The standard InChI is InChI=1S/C19H16N4O2S/c20-7-8-21-18(25)12-22-17(24)10-19-23-11-16(26-19)15-6-5-13-3-1-2-4-14(13)9-15/h1-6,9,11H,8,10,12H2,(H,21,25)(H,22,24). The number of fused-ring (bicyclic) bond motifs is 1. The Morgan fingerprint density at radius 1 is 1.08 bits per heavy atom. The molecule has 0 fully saturated rings. The number of rotatable bonds is 6. The van der Waals surface area contributed by atoms with Crippen LogP contribution in [0.5, 0.6) is 0 Å². The molecule has 3 aromatic rings. The molecule has 0 atom stereocenters. The van der Waals surface area contributed by atoms with Crippen LogP contribution in [0.1, 0.15) is 5.01 Å². The number of thiazole rings is 1. The third-order valence-corrected chi connectivity index (χ3v) is 4.76. The average Bonchev–Trinajstić information content (AvgIpc) is 3.12. The number of benzene rings is 2. The van der Waals surface area contributed by atoms with Crippen molar-refractivity contribution in [1.29, 1.82) is 5.26 Å². The van der Waals surface area contributed by atoms with E-state index in [1.165, 1.54) is 16.7 Å². The van der Waals surface area contributed by atoms with Gasteiger partial charge in [0.25, 0.3) is 0 Å². The summed E-state index contributed by atoms with van der Waals surface area (Å²) in [6.07, 6.45) is 1.88. The molecule has 0 aliphatic carbocycles. The van der Waals surface area contributed by atoms with Crippen LogP contribution in [0.4, 0.5) is 0 Å². The van der Waals surface area contributed by atoms with Gasteiger partial charge in [0.1, 0.15) is 11.6 Å². The zero-order valence-corrected chi connectivity index (χ0v) is 14.7. The quantitative estimate of drug-likeness (QED) is 0.656. The average molecular weight is 364 g/mol. The second kappa shape index (κ2) is 8.23. The van der Waals surface area contributed by atoms with Crippen molar-refractivity contribution >= 4 is 33.9 Å². The number of amides is 2. The van der Waals surface area contributed by atoms with E-state index in [9.17, 15) is 9.59 Å². The minimum atomic E-state index is -0.393. The number of nitrogens with zero attached hydrogens (tertiary/aromatic N) is 2. The summed E-state index contributed by atoms with van der Waals surface area (Å²) in [5.74, 6) is -0.674. The summed E-state index contributed by atoms with van der Waals surface area (Å²) < 4.78 is 0. The van der Waals surface area contributed by atoms with Crippen LogP contribution in [0.25, 0.3) is 21.2 Å². The second-order valence-electron chi connectivity index (χ2n) is 5.57. The first-order valence-corrected chi connectivity index (χ1v) is 8.81. The van der Waals surface area contributed by atoms with Crippen molar-refractivity contribution in [1.82, 2.24) is 15.6 Å². The molecule has 0 aliphatic heterocycles. The minimum absolute atomic E-state index is 0.0731. The molecule has 3 rings (SSSR count). The van der Waals surface area contributed by atoms with Gasteiger partial charge in [0.15, 0.2) is 0 Å². The van der Waals surface area contributed by atoms with E-state index in [4.69, 9.17) is 5.26 Å². The van der Waals surface area contributed by atoms with Crippen molar-refractivity contribution in [2.75, 3.05) is 13.1 Å². The molecule has 2 amide bonds. The van der Waals surface area contributed by atoms with Crippen molar-refractivity contribution < 1.29 is 9.59 Å². The Labute approximate surface area is 154 Å². The summed E-state index contributed by atoms with van der Waals surface area (Å²) in [6.45, 7) is -0.222. The molecule has 0 unspecified atom stereocenters. The molecule has 6 nitrogen and oxygen atoms in total. The number of hydrogen-bond acceptors (Lipinski definition) is 5. The normalized spacial score (nSPS) is 10.3. The van der Waals surface area contributed by atoms with Crippen LogP contribution >= 0.6 is 11.3 Å². The summed E-state index contributed by atoms with van der Waals surface area (Å²) in [5, 5.41) is 16.3. The maximum atomic E-state index is 11.9. The first kappa shape index (κ1) is 17.6. The summed E-state index contributed by atoms with van der Waals surface area (Å²) in [7, 11) is 0. The Morgan fingerprint density at radius 3 is 2.69 bits per heavy atom. The largest absolute Gasteiger partial charge is 0.347 e. The molecule has 2 aromatic carbocycles. The fraction of sp³-hybridized carbons (Fsp3) is 0.158. The fourth-order valence-corrected chi connectivity index (χ4v) is 3.36. The molecular weight excluding hydrogens is 348 g/mol. The second-order valence-corrected chi connectivity index (χ2v) is 6.68. The summed E-state index contributed by atoms with van der Waals surface area (Å²) in [4.78, 5) is 28.6. The molecule has 1 heterocycles. The topological polar surface area (TPSA) is 94.9 Å². The third-order valence-electron chi connectivity index (χ3n) is 3.71. The number of hydrogen-bond donors (Lipinski definition) is 2. The summed E-state index contributed by atoms with van der Waals surface area (Å²) in [5.41, 5.74) is 1.06. The molecule has 0 saturated carbocycles. The number of aromatic nitrogens is 1. The van der Waals surface area contributed by atoms with Crippen molar-refractivity contribution in [2.24, 2.45) is 0 Å². The first-order valence-electron chi connectivity index (χ1n) is 8.00. The number of nitriles is 1. The van der Waals surface area contributed by atoms with Gasteiger partial charge >= 0.3 is 0 Å². The highest BCUT2D eigenvalue weighted by Crippen LogP contribution is 2.29. The van der Waals surface area contributed by atoms with Gasteiger partial charge in [-0.05, 0) is 22.4 Å². The number of nitrogens with one attached hydrogen (secondary N) is 2. The van der Waals surface area contributed by atoms with Crippen LogP contribution in [-0.4, -0.2) is 29.9 Å². The first-order chi connectivity index (χ1) is 12.7. The number of carbonyl (C=O) groups is 2. The maximum Gasteiger partial charge on any atom is 0.240 e. The Balaban J connectivity index is 1.61. The van der Waals surface area contributed by atoms with Crippen LogP contribution in [-0.2, 0) is 16.0 Å². The minimum Gasteiger partial charge on any atom is -0.347 e. The molecule has 26 heavy (non-hydrogen) atoms. The molecule has 0 spiro atoms. The fourth-order valence-electron chi connectivity index (χ4n) is 2.45. The van der Waals surface area contributed by atoms with Gasteiger partial charge in [-0.25, -0.2) is 4.98 Å². The zero-order chi connectivity index (χ0) is 18.4. The van der Waals surface area contributed by atoms with Gasteiger partial charge in [0, 0.05) is 6.20 Å². The Hall–Kier alpha value is -3.24. The van der Waals surface area contributed by atoms with Crippen LogP contribution in [0.15, 0.2) is 48.7 Å². The van der Waals surface area contributed by atoms with Crippen molar-refractivity contribution in [2.45, 2.75) is 6.42 Å². The van der Waals surface area contributed by atoms with E-state index >= 15 is 0 Å². The van der Waals surface area contributed by atoms with Gasteiger partial charge in [0.05, 0.1) is 23.9 Å². The van der Waals surface area contributed by atoms with Gasteiger partial charge < -0.3 is 10.6 Å². The predicted octanol–water partition coefficient (Wildman–Crippen LogP) is 2.26. The van der Waals surface area contributed by atoms with Gasteiger partial charge in [-0.15, -0.1) is 11.3 Å². The molecule has 1 aromatic heterocycles. The van der Waals surface area contributed by atoms with E-state index in [0.717, 1.165) is 15.8 Å². The molecule has 7 heteroatoms. The van der Waals surface area contributed by atoms with Crippen LogP contribution < -0.4 is 10.6 Å². The molecule has 2 N–H and O–H groups in total. The molecule has 0 bridgehead atoms. The molecule has 0 aliphatic rings. The smallest absolute Gasteiger partial charge is 0.240 e. The monoisotopic (exact) mass is 364 g/mol. The Morgan fingerprint density at radius 2 is 1.88 bits per heavy atom.